The van der Waals surface area contributed by atoms with Crippen LogP contribution in [0.2, 0.25) is 0 Å². The Labute approximate surface area is 135 Å². The number of pyridine rings is 1. The van der Waals surface area contributed by atoms with Gasteiger partial charge in [-0.3, -0.25) is 14.6 Å². The van der Waals surface area contributed by atoms with Crippen LogP contribution >= 0.6 is 0 Å². The quantitative estimate of drug-likeness (QED) is 0.939. The van der Waals surface area contributed by atoms with Crippen molar-refractivity contribution >= 4 is 11.7 Å². The van der Waals surface area contributed by atoms with Crippen LogP contribution < -0.4 is 5.32 Å². The zero-order valence-corrected chi connectivity index (χ0v) is 12.5. The number of ketones is 1. The Bertz CT molecular complexity index is 800. The van der Waals surface area contributed by atoms with Gasteiger partial charge in [-0.15, -0.1) is 0 Å². The van der Waals surface area contributed by atoms with Crippen molar-refractivity contribution in [2.24, 2.45) is 0 Å². The van der Waals surface area contributed by atoms with Gasteiger partial charge in [0, 0.05) is 36.9 Å². The van der Waals surface area contributed by atoms with Crippen molar-refractivity contribution in [3.63, 3.8) is 0 Å². The predicted molar refractivity (Wildman–Crippen MR) is 78.7 cm³/mol. The highest BCUT2D eigenvalue weighted by Gasteiger charge is 2.31. The molecule has 7 heteroatoms. The molecular weight excluding hydrogens is 321 g/mol. The van der Waals surface area contributed by atoms with Gasteiger partial charge in [0.25, 0.3) is 0 Å². The van der Waals surface area contributed by atoms with Crippen molar-refractivity contribution in [2.75, 3.05) is 0 Å². The Kier molecular flexibility index (Phi) is 4.33. The molecule has 1 heterocycles. The molecule has 2 aromatic rings. The minimum absolute atomic E-state index is 0.134. The standard InChI is InChI=1S/C17H13F3N2O2/c18-9-6-13(19)12(14(20)7-9)8-22-17(24)11-3-4-15(23)16-10(11)2-1-5-21-16/h1-2,5-7,11H,3-4,8H2,(H,22,24). The lowest BCUT2D eigenvalue weighted by Crippen LogP contribution is -2.33. The summed E-state index contributed by atoms with van der Waals surface area (Å²) >= 11 is 0. The Morgan fingerprint density at radius 1 is 1.25 bits per heavy atom. The van der Waals surface area contributed by atoms with Crippen molar-refractivity contribution in [1.82, 2.24) is 10.3 Å². The van der Waals surface area contributed by atoms with Gasteiger partial charge in [-0.2, -0.15) is 0 Å². The molecule has 0 aliphatic heterocycles. The number of aromatic nitrogens is 1. The number of nitrogens with zero attached hydrogens (tertiary/aromatic N) is 1. The Hall–Kier alpha value is -2.70. The lowest BCUT2D eigenvalue weighted by molar-refractivity contribution is -0.122. The van der Waals surface area contributed by atoms with E-state index < -0.39 is 41.4 Å². The number of nitrogens with one attached hydrogen (secondary N) is 1. The first-order valence-corrected chi connectivity index (χ1v) is 7.36. The molecule has 1 atom stereocenters. The maximum atomic E-state index is 13.6. The first-order valence-electron chi connectivity index (χ1n) is 7.36. The van der Waals surface area contributed by atoms with Crippen LogP contribution in [0.3, 0.4) is 0 Å². The molecule has 1 aliphatic rings. The Morgan fingerprint density at radius 2 is 1.96 bits per heavy atom. The number of carbonyl (C=O) groups is 2. The molecule has 0 saturated heterocycles. The van der Waals surface area contributed by atoms with Crippen LogP contribution in [-0.2, 0) is 11.3 Å². The van der Waals surface area contributed by atoms with Gasteiger partial charge in [0.1, 0.15) is 23.1 Å². The molecular formula is C17H13F3N2O2. The van der Waals surface area contributed by atoms with E-state index in [4.69, 9.17) is 0 Å². The summed E-state index contributed by atoms with van der Waals surface area (Å²) in [7, 11) is 0. The molecule has 1 aliphatic carbocycles. The summed E-state index contributed by atoms with van der Waals surface area (Å²) in [5.41, 5.74) is 0.345. The smallest absolute Gasteiger partial charge is 0.227 e. The van der Waals surface area contributed by atoms with Crippen molar-refractivity contribution in [1.29, 1.82) is 0 Å². The number of halogens is 3. The monoisotopic (exact) mass is 334 g/mol. The molecule has 0 spiro atoms. The van der Waals surface area contributed by atoms with Gasteiger partial charge in [-0.1, -0.05) is 6.07 Å². The molecule has 0 bridgehead atoms. The zero-order valence-electron chi connectivity index (χ0n) is 12.5. The first kappa shape index (κ1) is 16.2. The number of hydrogen-bond acceptors (Lipinski definition) is 3. The van der Waals surface area contributed by atoms with E-state index in [0.717, 1.165) is 0 Å². The summed E-state index contributed by atoms with van der Waals surface area (Å²) in [6.07, 6.45) is 1.96. The largest absolute Gasteiger partial charge is 0.351 e. The molecule has 1 aromatic carbocycles. The summed E-state index contributed by atoms with van der Waals surface area (Å²) in [6.45, 7) is -0.406. The summed E-state index contributed by atoms with van der Waals surface area (Å²) in [5.74, 6) is -4.35. The van der Waals surface area contributed by atoms with Crippen molar-refractivity contribution in [3.05, 3.63) is 64.7 Å². The third kappa shape index (κ3) is 3.02. The molecule has 124 valence electrons. The molecule has 0 radical (unpaired) electrons. The summed E-state index contributed by atoms with van der Waals surface area (Å²) in [4.78, 5) is 28.2. The topological polar surface area (TPSA) is 59.1 Å². The molecule has 24 heavy (non-hydrogen) atoms. The number of rotatable bonds is 3. The number of hydrogen-bond donors (Lipinski definition) is 1. The van der Waals surface area contributed by atoms with Crippen LogP contribution in [0.5, 0.6) is 0 Å². The second-order valence-corrected chi connectivity index (χ2v) is 5.52. The van der Waals surface area contributed by atoms with Gasteiger partial charge >= 0.3 is 0 Å². The number of benzene rings is 1. The van der Waals surface area contributed by atoms with E-state index in [0.29, 0.717) is 24.1 Å². The molecule has 1 unspecified atom stereocenters. The van der Waals surface area contributed by atoms with Crippen LogP contribution in [0.15, 0.2) is 30.5 Å². The highest BCUT2D eigenvalue weighted by molar-refractivity contribution is 6.00. The third-order valence-corrected chi connectivity index (χ3v) is 4.00. The second kappa shape index (κ2) is 6.43. The van der Waals surface area contributed by atoms with Gasteiger partial charge in [0.05, 0.1) is 5.92 Å². The van der Waals surface area contributed by atoms with E-state index in [1.54, 1.807) is 12.1 Å². The van der Waals surface area contributed by atoms with Crippen molar-refractivity contribution < 1.29 is 22.8 Å². The molecule has 1 amide bonds. The normalized spacial score (nSPS) is 16.6. The minimum atomic E-state index is -1.06. The first-order chi connectivity index (χ1) is 11.5. The lowest BCUT2D eigenvalue weighted by Gasteiger charge is -2.23. The van der Waals surface area contributed by atoms with Crippen molar-refractivity contribution in [3.8, 4) is 0 Å². The molecule has 0 fully saturated rings. The Morgan fingerprint density at radius 3 is 2.67 bits per heavy atom. The van der Waals surface area contributed by atoms with E-state index in [1.165, 1.54) is 6.20 Å². The minimum Gasteiger partial charge on any atom is -0.351 e. The maximum Gasteiger partial charge on any atom is 0.227 e. The molecule has 1 aromatic heterocycles. The average molecular weight is 334 g/mol. The van der Waals surface area contributed by atoms with Crippen LogP contribution in [-0.4, -0.2) is 16.7 Å². The molecule has 3 rings (SSSR count). The fourth-order valence-corrected chi connectivity index (χ4v) is 2.79. The predicted octanol–water partition coefficient (Wildman–Crippen LogP) is 2.88. The van der Waals surface area contributed by atoms with E-state index in [2.05, 4.69) is 10.3 Å². The van der Waals surface area contributed by atoms with Crippen LogP contribution in [0.25, 0.3) is 0 Å². The summed E-state index contributed by atoms with van der Waals surface area (Å²) in [5, 5.41) is 2.45. The van der Waals surface area contributed by atoms with Gasteiger partial charge < -0.3 is 5.32 Å². The molecule has 0 saturated carbocycles. The van der Waals surface area contributed by atoms with E-state index in [9.17, 15) is 22.8 Å². The van der Waals surface area contributed by atoms with E-state index >= 15 is 0 Å². The van der Waals surface area contributed by atoms with Gasteiger partial charge in [-0.05, 0) is 18.1 Å². The third-order valence-electron chi connectivity index (χ3n) is 4.00. The number of carbonyl (C=O) groups excluding carboxylic acids is 2. The van der Waals surface area contributed by atoms with Gasteiger partial charge in [-0.25, -0.2) is 13.2 Å². The summed E-state index contributed by atoms with van der Waals surface area (Å²) in [6, 6.07) is 4.38. The fourth-order valence-electron chi connectivity index (χ4n) is 2.79. The SMILES string of the molecule is O=C1CCC(C(=O)NCc2c(F)cc(F)cc2F)c2cccnc21. The van der Waals surface area contributed by atoms with Gasteiger partial charge in [0.2, 0.25) is 5.91 Å². The number of Topliss-reactive ketones (excluding diaryl/α,β-unsaturated/α-hetero) is 1. The van der Waals surface area contributed by atoms with Crippen molar-refractivity contribution in [2.45, 2.75) is 25.3 Å². The highest BCUT2D eigenvalue weighted by Crippen LogP contribution is 2.30. The molecule has 4 nitrogen and oxygen atoms in total. The van der Waals surface area contributed by atoms with Gasteiger partial charge in [0.15, 0.2) is 5.78 Å². The van der Waals surface area contributed by atoms with Crippen LogP contribution in [0.4, 0.5) is 13.2 Å². The maximum absolute atomic E-state index is 13.6. The van der Waals surface area contributed by atoms with Crippen LogP contribution in [0.1, 0.15) is 40.4 Å². The summed E-state index contributed by atoms with van der Waals surface area (Å²) < 4.78 is 40.1. The fraction of sp³-hybridized carbons (Fsp3) is 0.235. The van der Waals surface area contributed by atoms with E-state index in [-0.39, 0.29) is 17.9 Å². The number of amides is 1. The second-order valence-electron chi connectivity index (χ2n) is 5.52. The Balaban J connectivity index is 1.77. The molecule has 1 N–H and O–H groups in total. The zero-order chi connectivity index (χ0) is 17.3. The highest BCUT2D eigenvalue weighted by atomic mass is 19.1. The van der Waals surface area contributed by atoms with Crippen LogP contribution in [0, 0.1) is 17.5 Å². The average Bonchev–Trinajstić information content (AvgIpc) is 2.54. The van der Waals surface area contributed by atoms with E-state index in [1.807, 2.05) is 0 Å². The number of fused-ring (bicyclic) bond motifs is 1. The lowest BCUT2D eigenvalue weighted by atomic mass is 9.84.